The third kappa shape index (κ3) is 3.79. The average molecular weight is 425 g/mol. The van der Waals surface area contributed by atoms with Crippen LogP contribution in [0.4, 0.5) is 5.69 Å². The summed E-state index contributed by atoms with van der Waals surface area (Å²) in [7, 11) is 0. The van der Waals surface area contributed by atoms with Crippen LogP contribution < -0.4 is 10.1 Å². The molecule has 0 saturated heterocycles. The van der Waals surface area contributed by atoms with Gasteiger partial charge in [0.25, 0.3) is 5.91 Å². The Balaban J connectivity index is 1.27. The van der Waals surface area contributed by atoms with Gasteiger partial charge in [-0.25, -0.2) is 9.67 Å². The second-order valence-electron chi connectivity index (χ2n) is 7.19. The van der Waals surface area contributed by atoms with Crippen LogP contribution in [-0.4, -0.2) is 35.3 Å². The van der Waals surface area contributed by atoms with E-state index >= 15 is 0 Å². The van der Waals surface area contributed by atoms with Crippen molar-refractivity contribution in [2.24, 2.45) is 0 Å². The Hall–Kier alpha value is -4.53. The zero-order valence-electron chi connectivity index (χ0n) is 17.4. The molecule has 5 aromatic rings. The van der Waals surface area contributed by atoms with E-state index in [0.717, 1.165) is 11.3 Å². The second-order valence-corrected chi connectivity index (χ2v) is 7.19. The summed E-state index contributed by atoms with van der Waals surface area (Å²) in [6.07, 6.45) is 3.64. The van der Waals surface area contributed by atoms with Crippen LogP contribution in [0, 0.1) is 13.8 Å². The molecule has 0 saturated carbocycles. The van der Waals surface area contributed by atoms with Crippen LogP contribution in [0.15, 0.2) is 73.1 Å². The van der Waals surface area contributed by atoms with Gasteiger partial charge in [0, 0.05) is 24.1 Å². The molecule has 0 aliphatic rings. The van der Waals surface area contributed by atoms with Crippen molar-refractivity contribution in [3.05, 3.63) is 90.1 Å². The van der Waals surface area contributed by atoms with Crippen molar-refractivity contribution in [2.75, 3.05) is 5.32 Å². The zero-order chi connectivity index (χ0) is 22.1. The van der Waals surface area contributed by atoms with E-state index in [-0.39, 0.29) is 5.91 Å². The van der Waals surface area contributed by atoms with E-state index in [4.69, 9.17) is 4.74 Å². The van der Waals surface area contributed by atoms with E-state index < -0.39 is 0 Å². The van der Waals surface area contributed by atoms with E-state index in [1.165, 1.54) is 0 Å². The van der Waals surface area contributed by atoms with E-state index in [2.05, 4.69) is 25.6 Å². The smallest absolute Gasteiger partial charge is 0.274 e. The minimum absolute atomic E-state index is 0.231. The first kappa shape index (κ1) is 19.4. The number of hydrogen-bond donors (Lipinski definition) is 1. The van der Waals surface area contributed by atoms with Gasteiger partial charge in [-0.05, 0) is 62.4 Å². The van der Waals surface area contributed by atoms with Gasteiger partial charge in [-0.3, -0.25) is 9.20 Å². The molecule has 9 heteroatoms. The molecule has 0 fully saturated rings. The minimum atomic E-state index is -0.231. The van der Waals surface area contributed by atoms with Crippen molar-refractivity contribution in [1.82, 2.24) is 29.4 Å². The summed E-state index contributed by atoms with van der Waals surface area (Å²) in [6.45, 7) is 3.73. The number of carbonyl (C=O) groups excluding carboxylic acids is 1. The van der Waals surface area contributed by atoms with Crippen LogP contribution in [-0.2, 0) is 0 Å². The molecule has 0 bridgehead atoms. The van der Waals surface area contributed by atoms with Crippen LogP contribution in [0.2, 0.25) is 0 Å². The number of hydrogen-bond acceptors (Lipinski definition) is 6. The number of fused-ring (bicyclic) bond motifs is 1. The number of nitrogens with one attached hydrogen (secondary N) is 1. The molecule has 1 amide bonds. The summed E-state index contributed by atoms with van der Waals surface area (Å²) in [5, 5.41) is 15.4. The monoisotopic (exact) mass is 425 g/mol. The average Bonchev–Trinajstić information content (AvgIpc) is 3.38. The fourth-order valence-electron chi connectivity index (χ4n) is 3.34. The fraction of sp³-hybridized carbons (Fsp3) is 0.0870. The normalized spacial score (nSPS) is 10.9. The fourth-order valence-corrected chi connectivity index (χ4v) is 3.34. The molecule has 158 valence electrons. The van der Waals surface area contributed by atoms with Gasteiger partial charge in [0.15, 0.2) is 5.82 Å². The molecule has 0 aliphatic carbocycles. The van der Waals surface area contributed by atoms with Gasteiger partial charge in [-0.2, -0.15) is 5.10 Å². The van der Waals surface area contributed by atoms with E-state index in [1.807, 2.05) is 50.5 Å². The van der Waals surface area contributed by atoms with Crippen LogP contribution in [0.1, 0.15) is 21.9 Å². The lowest BCUT2D eigenvalue weighted by Gasteiger charge is -2.08. The number of carbonyl (C=O) groups is 1. The highest BCUT2D eigenvalue weighted by Gasteiger charge is 2.16. The summed E-state index contributed by atoms with van der Waals surface area (Å²) in [6, 6.07) is 18.0. The number of pyridine rings is 1. The Morgan fingerprint density at radius 2 is 1.78 bits per heavy atom. The van der Waals surface area contributed by atoms with E-state index in [0.29, 0.717) is 34.5 Å². The quantitative estimate of drug-likeness (QED) is 0.457. The van der Waals surface area contributed by atoms with Gasteiger partial charge < -0.3 is 10.1 Å². The first-order valence-electron chi connectivity index (χ1n) is 9.96. The van der Waals surface area contributed by atoms with Gasteiger partial charge in [-0.15, -0.1) is 10.2 Å². The maximum Gasteiger partial charge on any atom is 0.274 e. The number of anilines is 1. The topological polar surface area (TPSA) is 99.2 Å². The van der Waals surface area contributed by atoms with Crippen LogP contribution >= 0.6 is 0 Å². The molecule has 0 aliphatic heterocycles. The largest absolute Gasteiger partial charge is 0.438 e. The highest BCUT2D eigenvalue weighted by atomic mass is 16.5. The molecule has 4 aromatic heterocycles. The van der Waals surface area contributed by atoms with Crippen molar-refractivity contribution in [2.45, 2.75) is 13.8 Å². The van der Waals surface area contributed by atoms with E-state index in [9.17, 15) is 4.79 Å². The number of nitrogens with zero attached hydrogens (tertiary/aromatic N) is 6. The Morgan fingerprint density at radius 1 is 0.938 bits per heavy atom. The van der Waals surface area contributed by atoms with Gasteiger partial charge in [0.05, 0.1) is 11.4 Å². The summed E-state index contributed by atoms with van der Waals surface area (Å²) >= 11 is 0. The van der Waals surface area contributed by atoms with Crippen molar-refractivity contribution in [3.63, 3.8) is 0 Å². The highest BCUT2D eigenvalue weighted by molar-refractivity contribution is 6.04. The molecule has 0 radical (unpaired) electrons. The SMILES string of the molecule is Cc1ccn(-c2ccc(Oc3ccc(NC(=O)c4c(C)nc5ccccn45)cc3)nn2)n1. The first-order chi connectivity index (χ1) is 15.6. The molecular weight excluding hydrogens is 406 g/mol. The molecule has 0 spiro atoms. The Bertz CT molecular complexity index is 1400. The second kappa shape index (κ2) is 7.95. The number of aryl methyl sites for hydroxylation is 2. The van der Waals surface area contributed by atoms with Gasteiger partial charge >= 0.3 is 0 Å². The molecule has 0 unspecified atom stereocenters. The Morgan fingerprint density at radius 3 is 2.50 bits per heavy atom. The highest BCUT2D eigenvalue weighted by Crippen LogP contribution is 2.22. The molecule has 1 aromatic carbocycles. The van der Waals surface area contributed by atoms with Crippen molar-refractivity contribution in [1.29, 1.82) is 0 Å². The Kier molecular flexibility index (Phi) is 4.83. The van der Waals surface area contributed by atoms with Crippen LogP contribution in [0.5, 0.6) is 11.6 Å². The predicted molar refractivity (Wildman–Crippen MR) is 118 cm³/mol. The maximum atomic E-state index is 12.8. The summed E-state index contributed by atoms with van der Waals surface area (Å²) in [4.78, 5) is 17.2. The molecule has 9 nitrogen and oxygen atoms in total. The summed E-state index contributed by atoms with van der Waals surface area (Å²) in [5.41, 5.74) is 3.44. The van der Waals surface area contributed by atoms with Crippen LogP contribution in [0.25, 0.3) is 11.5 Å². The summed E-state index contributed by atoms with van der Waals surface area (Å²) < 4.78 is 9.17. The predicted octanol–water partition coefficient (Wildman–Crippen LogP) is 3.97. The Labute approximate surface area is 183 Å². The molecule has 5 rings (SSSR count). The summed E-state index contributed by atoms with van der Waals surface area (Å²) in [5.74, 6) is 1.30. The number of aromatic nitrogens is 6. The molecule has 0 atom stereocenters. The van der Waals surface area contributed by atoms with Gasteiger partial charge in [-0.1, -0.05) is 6.07 Å². The van der Waals surface area contributed by atoms with Crippen molar-refractivity contribution < 1.29 is 9.53 Å². The van der Waals surface area contributed by atoms with E-state index in [1.54, 1.807) is 45.5 Å². The van der Waals surface area contributed by atoms with Gasteiger partial charge in [0.2, 0.25) is 5.88 Å². The third-order valence-electron chi connectivity index (χ3n) is 4.84. The number of amides is 1. The molecule has 32 heavy (non-hydrogen) atoms. The molecule has 1 N–H and O–H groups in total. The van der Waals surface area contributed by atoms with Crippen molar-refractivity contribution >= 4 is 17.2 Å². The lowest BCUT2D eigenvalue weighted by atomic mass is 10.2. The number of rotatable bonds is 5. The van der Waals surface area contributed by atoms with Crippen LogP contribution in [0.3, 0.4) is 0 Å². The van der Waals surface area contributed by atoms with Gasteiger partial charge in [0.1, 0.15) is 17.1 Å². The lowest BCUT2D eigenvalue weighted by Crippen LogP contribution is -2.15. The maximum absolute atomic E-state index is 12.8. The molecule has 4 heterocycles. The third-order valence-corrected chi connectivity index (χ3v) is 4.84. The number of ether oxygens (including phenoxy) is 1. The molecular formula is C23H19N7O2. The number of benzene rings is 1. The zero-order valence-corrected chi connectivity index (χ0v) is 17.4. The minimum Gasteiger partial charge on any atom is -0.438 e. The van der Waals surface area contributed by atoms with Crippen molar-refractivity contribution in [3.8, 4) is 17.4 Å². The standard InChI is InChI=1S/C23H19N7O2/c1-15-12-14-30(28-15)20-10-11-21(27-26-20)32-18-8-6-17(7-9-18)25-23(31)22-16(2)24-19-5-3-4-13-29(19)22/h3-14H,1-2H3,(H,25,31). The number of imidazole rings is 1. The lowest BCUT2D eigenvalue weighted by molar-refractivity contribution is 0.102. The first-order valence-corrected chi connectivity index (χ1v) is 9.96.